The van der Waals surface area contributed by atoms with Crippen molar-refractivity contribution in [3.05, 3.63) is 95.6 Å². The summed E-state index contributed by atoms with van der Waals surface area (Å²) >= 11 is 0. The fourth-order valence-corrected chi connectivity index (χ4v) is 6.59. The summed E-state index contributed by atoms with van der Waals surface area (Å²) in [4.78, 5) is 39.5. The highest BCUT2D eigenvalue weighted by molar-refractivity contribution is 6.06. The summed E-state index contributed by atoms with van der Waals surface area (Å²) in [6.07, 6.45) is -3.75. The highest BCUT2D eigenvalue weighted by atomic mass is 16.6. The van der Waals surface area contributed by atoms with Gasteiger partial charge in [-0.2, -0.15) is 0 Å². The van der Waals surface area contributed by atoms with Crippen LogP contribution in [0.2, 0.25) is 0 Å². The number of aliphatic hydroxyl groups excluding tert-OH is 1. The average Bonchev–Trinajstić information content (AvgIpc) is 3.64. The van der Waals surface area contributed by atoms with Gasteiger partial charge in [0.1, 0.15) is 42.1 Å². The molecule has 0 aliphatic carbocycles. The van der Waals surface area contributed by atoms with Crippen LogP contribution in [0.1, 0.15) is 23.6 Å². The molecular formula is C32H31NO9. The second kappa shape index (κ2) is 10.9. The van der Waals surface area contributed by atoms with Crippen LogP contribution in [0.25, 0.3) is 0 Å². The summed E-state index contributed by atoms with van der Waals surface area (Å²) in [6, 6.07) is 24.5. The van der Waals surface area contributed by atoms with Gasteiger partial charge in [0.2, 0.25) is 11.8 Å². The number of benzene rings is 3. The second-order valence-electron chi connectivity index (χ2n) is 10.5. The Balaban J connectivity index is 1.54. The normalized spacial score (nSPS) is 26.3. The molecule has 10 heteroatoms. The Morgan fingerprint density at radius 1 is 0.786 bits per heavy atom. The topological polar surface area (TPSA) is 121 Å². The van der Waals surface area contributed by atoms with Crippen LogP contribution in [0, 0.1) is 11.8 Å². The van der Waals surface area contributed by atoms with Crippen molar-refractivity contribution in [1.82, 2.24) is 4.90 Å². The van der Waals surface area contributed by atoms with Gasteiger partial charge >= 0.3 is 5.97 Å². The quantitative estimate of drug-likeness (QED) is 0.234. The maximum Gasteiger partial charge on any atom is 0.303 e. The first-order valence-electron chi connectivity index (χ1n) is 13.6. The van der Waals surface area contributed by atoms with Crippen LogP contribution in [0.4, 0.5) is 0 Å². The standard InChI is InChI=1S/C32H31NO9/c1-18(35)40-28-26-24-25(31(37)33(17-34)30(24)36)27(41-26)29(28)42-32(19-7-5-4-6-8-19,20-9-13-22(38-2)14-10-20)21-11-15-23(39-3)16-12-21/h4-16,24-29,34H,17H2,1-3H3. The van der Waals surface area contributed by atoms with Gasteiger partial charge in [0.05, 0.1) is 26.1 Å². The third-order valence-electron chi connectivity index (χ3n) is 8.41. The number of hydrogen-bond donors (Lipinski definition) is 1. The van der Waals surface area contributed by atoms with Gasteiger partial charge in [-0.15, -0.1) is 0 Å². The molecule has 0 aromatic heterocycles. The molecule has 218 valence electrons. The summed E-state index contributed by atoms with van der Waals surface area (Å²) in [7, 11) is 3.17. The zero-order valence-corrected chi connectivity index (χ0v) is 23.3. The number of imide groups is 1. The first kappa shape index (κ1) is 27.9. The highest BCUT2D eigenvalue weighted by Gasteiger charge is 2.71. The Hall–Kier alpha value is -4.25. The maximum atomic E-state index is 13.3. The number of carbonyl (C=O) groups excluding carboxylic acids is 3. The van der Waals surface area contributed by atoms with Gasteiger partial charge in [0.15, 0.2) is 6.10 Å². The number of aliphatic hydroxyl groups is 1. The lowest BCUT2D eigenvalue weighted by Gasteiger charge is -2.42. The summed E-state index contributed by atoms with van der Waals surface area (Å²) < 4.78 is 30.0. The highest BCUT2D eigenvalue weighted by Crippen LogP contribution is 2.53. The van der Waals surface area contributed by atoms with Gasteiger partial charge in [0.25, 0.3) is 0 Å². The Bertz CT molecular complexity index is 1430. The van der Waals surface area contributed by atoms with E-state index in [2.05, 4.69) is 0 Å². The number of amides is 2. The predicted molar refractivity (Wildman–Crippen MR) is 147 cm³/mol. The molecule has 6 atom stereocenters. The van der Waals surface area contributed by atoms with Crippen molar-refractivity contribution in [2.24, 2.45) is 11.8 Å². The van der Waals surface area contributed by atoms with E-state index in [9.17, 15) is 19.5 Å². The maximum absolute atomic E-state index is 13.3. The molecule has 2 bridgehead atoms. The Morgan fingerprint density at radius 2 is 1.26 bits per heavy atom. The van der Waals surface area contributed by atoms with Crippen LogP contribution < -0.4 is 9.47 Å². The van der Waals surface area contributed by atoms with Gasteiger partial charge < -0.3 is 28.8 Å². The number of ether oxygens (including phenoxy) is 5. The lowest BCUT2D eigenvalue weighted by Crippen LogP contribution is -2.54. The van der Waals surface area contributed by atoms with Crippen molar-refractivity contribution < 1.29 is 43.2 Å². The summed E-state index contributed by atoms with van der Waals surface area (Å²) in [6.45, 7) is 0.541. The van der Waals surface area contributed by atoms with E-state index in [1.54, 1.807) is 14.2 Å². The van der Waals surface area contributed by atoms with Crippen molar-refractivity contribution in [3.63, 3.8) is 0 Å². The van der Waals surface area contributed by atoms with E-state index in [1.807, 2.05) is 78.9 Å². The van der Waals surface area contributed by atoms with Gasteiger partial charge in [-0.1, -0.05) is 54.6 Å². The molecular weight excluding hydrogens is 542 g/mol. The van der Waals surface area contributed by atoms with Crippen molar-refractivity contribution in [3.8, 4) is 11.5 Å². The fourth-order valence-electron chi connectivity index (χ4n) is 6.59. The summed E-state index contributed by atoms with van der Waals surface area (Å²) in [5.41, 5.74) is 0.971. The predicted octanol–water partition coefficient (Wildman–Crippen LogP) is 2.64. The molecule has 10 nitrogen and oxygen atoms in total. The number of nitrogens with zero attached hydrogens (tertiary/aromatic N) is 1. The molecule has 3 aromatic rings. The largest absolute Gasteiger partial charge is 0.497 e. The number of rotatable bonds is 9. The van der Waals surface area contributed by atoms with Gasteiger partial charge in [-0.05, 0) is 41.0 Å². The molecule has 2 amide bonds. The van der Waals surface area contributed by atoms with E-state index < -0.39 is 66.4 Å². The molecule has 0 saturated carbocycles. The molecule has 6 unspecified atom stereocenters. The van der Waals surface area contributed by atoms with Crippen molar-refractivity contribution >= 4 is 17.8 Å². The molecule has 0 spiro atoms. The number of carbonyl (C=O) groups is 3. The van der Waals surface area contributed by atoms with Crippen molar-refractivity contribution in [1.29, 1.82) is 0 Å². The van der Waals surface area contributed by atoms with Crippen LogP contribution in [-0.4, -0.2) is 73.2 Å². The van der Waals surface area contributed by atoms with Crippen LogP contribution >= 0.6 is 0 Å². The number of fused-ring (bicyclic) bond motifs is 5. The molecule has 3 aliphatic rings. The summed E-state index contributed by atoms with van der Waals surface area (Å²) in [5, 5.41) is 9.76. The Labute approximate surface area is 242 Å². The fraction of sp³-hybridized carbons (Fsp3) is 0.344. The number of likely N-dealkylation sites (tertiary alicyclic amines) is 1. The number of methoxy groups -OCH3 is 2. The van der Waals surface area contributed by atoms with Crippen LogP contribution in [0.5, 0.6) is 11.5 Å². The first-order valence-corrected chi connectivity index (χ1v) is 13.6. The molecule has 3 heterocycles. The molecule has 3 aromatic carbocycles. The van der Waals surface area contributed by atoms with Gasteiger partial charge in [-0.3, -0.25) is 19.3 Å². The lowest BCUT2D eigenvalue weighted by molar-refractivity contribution is -0.169. The average molecular weight is 574 g/mol. The second-order valence-corrected chi connectivity index (χ2v) is 10.5. The van der Waals surface area contributed by atoms with Gasteiger partial charge in [0, 0.05) is 6.92 Å². The molecule has 42 heavy (non-hydrogen) atoms. The van der Waals surface area contributed by atoms with E-state index in [4.69, 9.17) is 23.7 Å². The van der Waals surface area contributed by atoms with Crippen LogP contribution in [0.3, 0.4) is 0 Å². The minimum Gasteiger partial charge on any atom is -0.497 e. The molecule has 3 aliphatic heterocycles. The number of esters is 1. The van der Waals surface area contributed by atoms with Crippen molar-refractivity contribution in [2.45, 2.75) is 36.9 Å². The molecule has 6 rings (SSSR count). The van der Waals surface area contributed by atoms with E-state index in [-0.39, 0.29) is 0 Å². The summed E-state index contributed by atoms with van der Waals surface area (Å²) in [5.74, 6) is -2.11. The molecule has 1 N–H and O–H groups in total. The minimum atomic E-state index is -1.28. The Kier molecular flexibility index (Phi) is 7.22. The van der Waals surface area contributed by atoms with Crippen LogP contribution in [-0.2, 0) is 34.2 Å². The third kappa shape index (κ3) is 4.25. The van der Waals surface area contributed by atoms with E-state index in [0.717, 1.165) is 21.6 Å². The monoisotopic (exact) mass is 573 g/mol. The minimum absolute atomic E-state index is 0.533. The van der Waals surface area contributed by atoms with Gasteiger partial charge in [-0.25, -0.2) is 0 Å². The zero-order valence-electron chi connectivity index (χ0n) is 23.3. The lowest BCUT2D eigenvalue weighted by atomic mass is 9.76. The SMILES string of the molecule is COc1ccc(C(OC2C(OC(C)=O)C3OC2C2C(=O)N(CO)C(=O)C32)(c2ccccc2)c2ccc(OC)cc2)cc1. The third-order valence-corrected chi connectivity index (χ3v) is 8.41. The Morgan fingerprint density at radius 3 is 1.71 bits per heavy atom. The zero-order chi connectivity index (χ0) is 29.6. The molecule has 3 saturated heterocycles. The van der Waals surface area contributed by atoms with E-state index in [1.165, 1.54) is 6.92 Å². The van der Waals surface area contributed by atoms with E-state index >= 15 is 0 Å². The number of hydrogen-bond acceptors (Lipinski definition) is 9. The molecule has 3 fully saturated rings. The smallest absolute Gasteiger partial charge is 0.303 e. The van der Waals surface area contributed by atoms with Crippen molar-refractivity contribution in [2.75, 3.05) is 21.0 Å². The van der Waals surface area contributed by atoms with Crippen LogP contribution in [0.15, 0.2) is 78.9 Å². The molecule has 0 radical (unpaired) electrons. The first-order chi connectivity index (χ1) is 20.3. The van der Waals surface area contributed by atoms with E-state index in [0.29, 0.717) is 11.5 Å².